The molecule has 0 aliphatic heterocycles. The molecular weight excluding hydrogens is 402 g/mol. The van der Waals surface area contributed by atoms with E-state index in [9.17, 15) is 9.59 Å². The first-order chi connectivity index (χ1) is 12.5. The summed E-state index contributed by atoms with van der Waals surface area (Å²) >= 11 is 3.32. The van der Waals surface area contributed by atoms with Crippen LogP contribution >= 0.6 is 15.9 Å². The van der Waals surface area contributed by atoms with Crippen LogP contribution in [0.1, 0.15) is 5.56 Å². The second-order valence-electron chi connectivity index (χ2n) is 5.52. The molecule has 0 atom stereocenters. The third-order valence-electron chi connectivity index (χ3n) is 3.67. The van der Waals surface area contributed by atoms with Gasteiger partial charge in [0.25, 0.3) is 5.91 Å². The molecule has 3 rings (SSSR count). The van der Waals surface area contributed by atoms with Crippen molar-refractivity contribution < 1.29 is 23.5 Å². The Morgan fingerprint density at radius 3 is 2.81 bits per heavy atom. The van der Waals surface area contributed by atoms with Gasteiger partial charge in [-0.25, -0.2) is 0 Å². The van der Waals surface area contributed by atoms with E-state index in [0.717, 1.165) is 9.86 Å². The van der Waals surface area contributed by atoms with Crippen molar-refractivity contribution in [1.82, 2.24) is 0 Å². The second kappa shape index (κ2) is 8.05. The number of furan rings is 1. The summed E-state index contributed by atoms with van der Waals surface area (Å²) in [5, 5.41) is 3.47. The first-order valence-electron chi connectivity index (χ1n) is 7.80. The molecule has 0 saturated heterocycles. The minimum absolute atomic E-state index is 0.0174. The lowest BCUT2D eigenvalue weighted by Gasteiger charge is -2.06. The zero-order valence-corrected chi connectivity index (χ0v) is 15.5. The van der Waals surface area contributed by atoms with Gasteiger partial charge in [0.15, 0.2) is 6.61 Å². The van der Waals surface area contributed by atoms with E-state index in [1.165, 1.54) is 6.26 Å². The van der Waals surface area contributed by atoms with Crippen molar-refractivity contribution in [1.29, 1.82) is 0 Å². The quantitative estimate of drug-likeness (QED) is 0.614. The van der Waals surface area contributed by atoms with Crippen LogP contribution in [-0.2, 0) is 20.7 Å². The average Bonchev–Trinajstić information content (AvgIpc) is 3.02. The molecule has 1 amide bonds. The lowest BCUT2D eigenvalue weighted by atomic mass is 10.1. The molecule has 2 aromatic carbocycles. The van der Waals surface area contributed by atoms with Crippen LogP contribution in [0.15, 0.2) is 57.6 Å². The van der Waals surface area contributed by atoms with E-state index >= 15 is 0 Å². The Morgan fingerprint density at radius 1 is 1.19 bits per heavy atom. The van der Waals surface area contributed by atoms with Crippen molar-refractivity contribution in [2.75, 3.05) is 19.0 Å². The number of ether oxygens (including phenoxy) is 2. The van der Waals surface area contributed by atoms with Gasteiger partial charge in [-0.1, -0.05) is 22.0 Å². The van der Waals surface area contributed by atoms with Gasteiger partial charge >= 0.3 is 5.97 Å². The van der Waals surface area contributed by atoms with Crippen LogP contribution in [0.2, 0.25) is 0 Å². The molecule has 3 aromatic rings. The van der Waals surface area contributed by atoms with Crippen molar-refractivity contribution in [3.8, 4) is 5.75 Å². The van der Waals surface area contributed by atoms with E-state index in [1.807, 2.05) is 12.1 Å². The van der Waals surface area contributed by atoms with E-state index in [1.54, 1.807) is 37.4 Å². The third-order valence-corrected chi connectivity index (χ3v) is 4.16. The molecule has 7 heteroatoms. The molecule has 0 fully saturated rings. The Bertz CT molecular complexity index is 950. The Kier molecular flexibility index (Phi) is 5.58. The average molecular weight is 418 g/mol. The Labute approximate surface area is 158 Å². The maximum absolute atomic E-state index is 12.0. The van der Waals surface area contributed by atoms with Crippen molar-refractivity contribution in [3.63, 3.8) is 0 Å². The highest BCUT2D eigenvalue weighted by atomic mass is 79.9. The highest BCUT2D eigenvalue weighted by molar-refractivity contribution is 9.10. The molecule has 0 aliphatic carbocycles. The lowest BCUT2D eigenvalue weighted by molar-refractivity contribution is -0.146. The Morgan fingerprint density at radius 2 is 2.04 bits per heavy atom. The third kappa shape index (κ3) is 4.43. The van der Waals surface area contributed by atoms with Crippen LogP contribution in [-0.4, -0.2) is 25.6 Å². The summed E-state index contributed by atoms with van der Waals surface area (Å²) in [6.45, 7) is -0.352. The molecular formula is C19H16BrNO5. The zero-order chi connectivity index (χ0) is 18.5. The first kappa shape index (κ1) is 18.0. The number of carbonyl (C=O) groups excluding carboxylic acids is 2. The van der Waals surface area contributed by atoms with Crippen LogP contribution in [0.4, 0.5) is 5.69 Å². The molecule has 0 radical (unpaired) electrons. The molecule has 0 bridgehead atoms. The van der Waals surface area contributed by atoms with Gasteiger partial charge in [0.1, 0.15) is 11.3 Å². The Hall–Kier alpha value is -2.80. The van der Waals surface area contributed by atoms with Gasteiger partial charge in [0, 0.05) is 27.2 Å². The minimum atomic E-state index is -0.507. The van der Waals surface area contributed by atoms with E-state index in [2.05, 4.69) is 21.2 Å². The molecule has 1 N–H and O–H groups in total. The zero-order valence-electron chi connectivity index (χ0n) is 14.0. The van der Waals surface area contributed by atoms with Crippen LogP contribution in [0.5, 0.6) is 5.75 Å². The summed E-state index contributed by atoms with van der Waals surface area (Å²) in [5.74, 6) is -0.239. The fourth-order valence-corrected chi connectivity index (χ4v) is 2.84. The maximum Gasteiger partial charge on any atom is 0.310 e. The molecule has 0 saturated carbocycles. The predicted octanol–water partition coefficient (Wildman–Crippen LogP) is 3.93. The summed E-state index contributed by atoms with van der Waals surface area (Å²) in [5.41, 5.74) is 1.94. The summed E-state index contributed by atoms with van der Waals surface area (Å²) in [4.78, 5) is 23.9. The van der Waals surface area contributed by atoms with Crippen LogP contribution in [0.3, 0.4) is 0 Å². The summed E-state index contributed by atoms with van der Waals surface area (Å²) in [6, 6.07) is 12.5. The predicted molar refractivity (Wildman–Crippen MR) is 100 cm³/mol. The molecule has 6 nitrogen and oxygen atoms in total. The van der Waals surface area contributed by atoms with Crippen molar-refractivity contribution in [2.24, 2.45) is 0 Å². The number of hydrogen-bond donors (Lipinski definition) is 1. The molecule has 0 spiro atoms. The number of esters is 1. The van der Waals surface area contributed by atoms with Gasteiger partial charge in [0.05, 0.1) is 19.8 Å². The first-order valence-corrected chi connectivity index (χ1v) is 8.59. The van der Waals surface area contributed by atoms with E-state index in [0.29, 0.717) is 22.6 Å². The van der Waals surface area contributed by atoms with E-state index in [4.69, 9.17) is 13.9 Å². The molecule has 26 heavy (non-hydrogen) atoms. The topological polar surface area (TPSA) is 77.8 Å². The van der Waals surface area contributed by atoms with Crippen LogP contribution < -0.4 is 10.1 Å². The fourth-order valence-electron chi connectivity index (χ4n) is 2.44. The van der Waals surface area contributed by atoms with Gasteiger partial charge < -0.3 is 19.2 Å². The molecule has 1 aromatic heterocycles. The van der Waals surface area contributed by atoms with Crippen LogP contribution in [0.25, 0.3) is 11.0 Å². The number of nitrogens with one attached hydrogen (secondary N) is 1. The number of halogens is 1. The van der Waals surface area contributed by atoms with Crippen LogP contribution in [0, 0.1) is 0 Å². The van der Waals surface area contributed by atoms with Gasteiger partial charge in [-0.05, 0) is 30.3 Å². The number of amides is 1. The maximum atomic E-state index is 12.0. The van der Waals surface area contributed by atoms with Gasteiger partial charge in [-0.3, -0.25) is 9.59 Å². The number of fused-ring (bicyclic) bond motifs is 1. The SMILES string of the molecule is COc1ccc2c(CC(=O)OCC(=O)Nc3cccc(Br)c3)coc2c1. The second-order valence-corrected chi connectivity index (χ2v) is 6.43. The summed E-state index contributed by atoms with van der Waals surface area (Å²) in [6.07, 6.45) is 1.52. The summed E-state index contributed by atoms with van der Waals surface area (Å²) in [7, 11) is 1.57. The fraction of sp³-hybridized carbons (Fsp3) is 0.158. The Balaban J connectivity index is 1.55. The van der Waals surface area contributed by atoms with Gasteiger partial charge in [-0.15, -0.1) is 0 Å². The smallest absolute Gasteiger partial charge is 0.310 e. The molecule has 0 aliphatic rings. The largest absolute Gasteiger partial charge is 0.497 e. The van der Waals surface area contributed by atoms with Crippen molar-refractivity contribution in [3.05, 3.63) is 58.8 Å². The van der Waals surface area contributed by atoms with Gasteiger partial charge in [0.2, 0.25) is 0 Å². The monoisotopic (exact) mass is 417 g/mol. The lowest BCUT2D eigenvalue weighted by Crippen LogP contribution is -2.21. The minimum Gasteiger partial charge on any atom is -0.497 e. The number of benzene rings is 2. The van der Waals surface area contributed by atoms with Gasteiger partial charge in [-0.2, -0.15) is 0 Å². The van der Waals surface area contributed by atoms with Crippen molar-refractivity contribution in [2.45, 2.75) is 6.42 Å². The number of methoxy groups -OCH3 is 1. The van der Waals surface area contributed by atoms with E-state index < -0.39 is 11.9 Å². The number of carbonyl (C=O) groups is 2. The molecule has 1 heterocycles. The highest BCUT2D eigenvalue weighted by Crippen LogP contribution is 2.26. The number of rotatable bonds is 6. The summed E-state index contributed by atoms with van der Waals surface area (Å²) < 4.78 is 16.5. The normalized spacial score (nSPS) is 10.5. The molecule has 0 unspecified atom stereocenters. The number of anilines is 1. The standard InChI is InChI=1S/C19H16BrNO5/c1-24-15-5-6-16-12(10-25-17(16)9-15)7-19(23)26-11-18(22)21-14-4-2-3-13(20)8-14/h2-6,8-10H,7,11H2,1H3,(H,21,22). The molecule has 134 valence electrons. The number of hydrogen-bond acceptors (Lipinski definition) is 5. The van der Waals surface area contributed by atoms with E-state index in [-0.39, 0.29) is 13.0 Å². The highest BCUT2D eigenvalue weighted by Gasteiger charge is 2.13. The van der Waals surface area contributed by atoms with Crippen molar-refractivity contribution >= 4 is 44.5 Å².